The van der Waals surface area contributed by atoms with Crippen molar-refractivity contribution in [1.82, 2.24) is 5.32 Å². The van der Waals surface area contributed by atoms with Crippen molar-refractivity contribution in [3.8, 4) is 0 Å². The Balaban J connectivity index is 1.99. The average molecular weight is 223 g/mol. The lowest BCUT2D eigenvalue weighted by molar-refractivity contribution is 0.0660. The number of carbonyl (C=O) groups is 1. The van der Waals surface area contributed by atoms with Gasteiger partial charge in [-0.3, -0.25) is 0 Å². The van der Waals surface area contributed by atoms with E-state index in [9.17, 15) is 4.79 Å². The third kappa shape index (κ3) is 2.27. The summed E-state index contributed by atoms with van der Waals surface area (Å²) in [7, 11) is 0. The minimum Gasteiger partial charge on any atom is -0.475 e. The lowest BCUT2D eigenvalue weighted by Crippen LogP contribution is -2.38. The second-order valence-electron chi connectivity index (χ2n) is 4.70. The molecule has 0 spiro atoms. The summed E-state index contributed by atoms with van der Waals surface area (Å²) in [6, 6.07) is 1.72. The van der Waals surface area contributed by atoms with Crippen LogP contribution in [0, 0.1) is 0 Å². The minimum absolute atomic E-state index is 0.0501. The molecule has 1 aromatic rings. The molecule has 16 heavy (non-hydrogen) atoms. The number of hydrogen-bond acceptors (Lipinski definition) is 3. The van der Waals surface area contributed by atoms with Gasteiger partial charge in [-0.25, -0.2) is 4.79 Å². The zero-order valence-electron chi connectivity index (χ0n) is 9.45. The van der Waals surface area contributed by atoms with E-state index < -0.39 is 5.97 Å². The van der Waals surface area contributed by atoms with Gasteiger partial charge in [-0.1, -0.05) is 12.8 Å². The lowest BCUT2D eigenvalue weighted by Gasteiger charge is -2.25. The number of hydrogen-bond donors (Lipinski definition) is 2. The number of rotatable bonds is 4. The smallest absolute Gasteiger partial charge is 0.372 e. The number of carboxylic acids is 1. The molecule has 0 amide bonds. The van der Waals surface area contributed by atoms with Gasteiger partial charge in [-0.2, -0.15) is 0 Å². The van der Waals surface area contributed by atoms with Gasteiger partial charge in [0.05, 0.1) is 6.26 Å². The van der Waals surface area contributed by atoms with Crippen molar-refractivity contribution in [1.29, 1.82) is 0 Å². The first-order chi connectivity index (χ1) is 7.61. The Labute approximate surface area is 94.6 Å². The first-order valence-corrected chi connectivity index (χ1v) is 5.65. The van der Waals surface area contributed by atoms with E-state index in [1.807, 2.05) is 0 Å². The van der Waals surface area contributed by atoms with Gasteiger partial charge in [0.25, 0.3) is 0 Å². The molecule has 1 saturated carbocycles. The lowest BCUT2D eigenvalue weighted by atomic mass is 10.0. The van der Waals surface area contributed by atoms with Gasteiger partial charge in [-0.15, -0.1) is 0 Å². The van der Waals surface area contributed by atoms with E-state index in [-0.39, 0.29) is 11.3 Å². The average Bonchev–Trinajstić information content (AvgIpc) is 2.83. The van der Waals surface area contributed by atoms with Crippen LogP contribution in [0.25, 0.3) is 0 Å². The molecule has 4 nitrogen and oxygen atoms in total. The van der Waals surface area contributed by atoms with Gasteiger partial charge in [0.15, 0.2) is 0 Å². The molecule has 1 heterocycles. The van der Waals surface area contributed by atoms with Crippen molar-refractivity contribution < 1.29 is 14.3 Å². The highest BCUT2D eigenvalue weighted by molar-refractivity contribution is 5.86. The maximum Gasteiger partial charge on any atom is 0.372 e. The van der Waals surface area contributed by atoms with Crippen LogP contribution in [0.15, 0.2) is 16.7 Å². The molecule has 2 rings (SSSR count). The van der Waals surface area contributed by atoms with Crippen LogP contribution >= 0.6 is 0 Å². The van der Waals surface area contributed by atoms with E-state index in [0.717, 1.165) is 18.4 Å². The van der Waals surface area contributed by atoms with E-state index in [1.165, 1.54) is 19.1 Å². The monoisotopic (exact) mass is 223 g/mol. The Morgan fingerprint density at radius 3 is 2.88 bits per heavy atom. The van der Waals surface area contributed by atoms with Crippen molar-refractivity contribution in [2.75, 3.05) is 0 Å². The van der Waals surface area contributed by atoms with Crippen LogP contribution in [-0.4, -0.2) is 16.6 Å². The molecule has 1 aliphatic carbocycles. The second-order valence-corrected chi connectivity index (χ2v) is 4.70. The van der Waals surface area contributed by atoms with Gasteiger partial charge in [0.1, 0.15) is 0 Å². The zero-order valence-corrected chi connectivity index (χ0v) is 9.45. The molecule has 1 aromatic heterocycles. The topological polar surface area (TPSA) is 62.5 Å². The summed E-state index contributed by atoms with van der Waals surface area (Å²) < 4.78 is 4.93. The quantitative estimate of drug-likeness (QED) is 0.822. The summed E-state index contributed by atoms with van der Waals surface area (Å²) in [5, 5.41) is 12.3. The molecular formula is C12H17NO3. The second kappa shape index (κ2) is 4.29. The molecular weight excluding hydrogens is 206 g/mol. The summed E-state index contributed by atoms with van der Waals surface area (Å²) in [5.41, 5.74) is 0.883. The van der Waals surface area contributed by atoms with Gasteiger partial charge in [0.2, 0.25) is 5.76 Å². The maximum atomic E-state index is 10.8. The van der Waals surface area contributed by atoms with E-state index in [0.29, 0.717) is 6.54 Å². The van der Waals surface area contributed by atoms with E-state index in [2.05, 4.69) is 12.2 Å². The zero-order chi connectivity index (χ0) is 11.6. The highest BCUT2D eigenvalue weighted by Gasteiger charge is 2.28. The molecule has 2 N–H and O–H groups in total. The van der Waals surface area contributed by atoms with Gasteiger partial charge in [-0.05, 0) is 25.8 Å². The van der Waals surface area contributed by atoms with Crippen molar-refractivity contribution in [2.45, 2.75) is 44.7 Å². The predicted molar refractivity (Wildman–Crippen MR) is 59.4 cm³/mol. The fraction of sp³-hybridized carbons (Fsp3) is 0.583. The summed E-state index contributed by atoms with van der Waals surface area (Å²) in [5.74, 6) is -0.951. The van der Waals surface area contributed by atoms with Crippen molar-refractivity contribution in [3.63, 3.8) is 0 Å². The number of carboxylic acid groups (broad SMARTS) is 1. The fourth-order valence-electron chi connectivity index (χ4n) is 2.30. The Kier molecular flexibility index (Phi) is 3.01. The van der Waals surface area contributed by atoms with Gasteiger partial charge in [0, 0.05) is 17.6 Å². The van der Waals surface area contributed by atoms with Crippen LogP contribution in [0.2, 0.25) is 0 Å². The maximum absolute atomic E-state index is 10.8. The van der Waals surface area contributed by atoms with Crippen molar-refractivity contribution in [2.24, 2.45) is 0 Å². The molecule has 1 aliphatic rings. The molecule has 0 aromatic carbocycles. The summed E-state index contributed by atoms with van der Waals surface area (Å²) in [6.45, 7) is 2.76. The first kappa shape index (κ1) is 11.2. The third-order valence-electron chi connectivity index (χ3n) is 3.35. The Bertz CT molecular complexity index is 377. The van der Waals surface area contributed by atoms with Crippen LogP contribution < -0.4 is 5.32 Å². The molecule has 0 radical (unpaired) electrons. The van der Waals surface area contributed by atoms with Crippen LogP contribution in [0.4, 0.5) is 0 Å². The molecule has 0 aliphatic heterocycles. The SMILES string of the molecule is CC1(NCc2ccoc2C(=O)O)CCCC1. The molecule has 0 atom stereocenters. The molecule has 1 fully saturated rings. The fourth-order valence-corrected chi connectivity index (χ4v) is 2.30. The number of furan rings is 1. The number of aromatic carboxylic acids is 1. The normalized spacial score (nSPS) is 18.8. The Morgan fingerprint density at radius 1 is 1.56 bits per heavy atom. The highest BCUT2D eigenvalue weighted by Crippen LogP contribution is 2.29. The van der Waals surface area contributed by atoms with Gasteiger partial charge >= 0.3 is 5.97 Å². The Hall–Kier alpha value is -1.29. The largest absolute Gasteiger partial charge is 0.475 e. The standard InChI is InChI=1S/C12H17NO3/c1-12(5-2-3-6-12)13-8-9-4-7-16-10(9)11(14)15/h4,7,13H,2-3,5-6,8H2,1H3,(H,14,15). The molecule has 4 heteroatoms. The molecule has 0 bridgehead atoms. The van der Waals surface area contributed by atoms with Gasteiger partial charge < -0.3 is 14.8 Å². The van der Waals surface area contributed by atoms with E-state index >= 15 is 0 Å². The minimum atomic E-state index is -1.00. The van der Waals surface area contributed by atoms with E-state index in [1.54, 1.807) is 6.07 Å². The number of nitrogens with one attached hydrogen (secondary N) is 1. The van der Waals surface area contributed by atoms with Crippen LogP contribution in [-0.2, 0) is 6.54 Å². The first-order valence-electron chi connectivity index (χ1n) is 5.65. The predicted octanol–water partition coefficient (Wildman–Crippen LogP) is 2.40. The third-order valence-corrected chi connectivity index (χ3v) is 3.35. The summed E-state index contributed by atoms with van der Waals surface area (Å²) in [6.07, 6.45) is 6.25. The molecule has 0 saturated heterocycles. The van der Waals surface area contributed by atoms with Crippen molar-refractivity contribution >= 4 is 5.97 Å². The van der Waals surface area contributed by atoms with Crippen LogP contribution in [0.1, 0.15) is 48.7 Å². The van der Waals surface area contributed by atoms with E-state index in [4.69, 9.17) is 9.52 Å². The molecule has 88 valence electrons. The Morgan fingerprint density at radius 2 is 2.25 bits per heavy atom. The summed E-state index contributed by atoms with van der Waals surface area (Å²) >= 11 is 0. The van der Waals surface area contributed by atoms with Crippen molar-refractivity contribution in [3.05, 3.63) is 23.7 Å². The highest BCUT2D eigenvalue weighted by atomic mass is 16.4. The van der Waals surface area contributed by atoms with Crippen LogP contribution in [0.5, 0.6) is 0 Å². The molecule has 0 unspecified atom stereocenters. The summed E-state index contributed by atoms with van der Waals surface area (Å²) in [4.78, 5) is 10.8. The van der Waals surface area contributed by atoms with Crippen LogP contribution in [0.3, 0.4) is 0 Å².